The quantitative estimate of drug-likeness (QED) is 0.538. The summed E-state index contributed by atoms with van der Waals surface area (Å²) in [6.45, 7) is 3.16. The summed E-state index contributed by atoms with van der Waals surface area (Å²) in [5.41, 5.74) is 3.11. The van der Waals surface area contributed by atoms with E-state index in [0.29, 0.717) is 18.8 Å². The van der Waals surface area contributed by atoms with Gasteiger partial charge in [-0.05, 0) is 30.9 Å². The number of benzene rings is 1. The average Bonchev–Trinajstić information content (AvgIpc) is 2.49. The summed E-state index contributed by atoms with van der Waals surface area (Å²) < 4.78 is 5.59. The Morgan fingerprint density at radius 3 is 2.45 bits per heavy atom. The first-order valence-corrected chi connectivity index (χ1v) is 6.93. The zero-order valence-electron chi connectivity index (χ0n) is 12.1. The highest BCUT2D eigenvalue weighted by Crippen LogP contribution is 2.07. The van der Waals surface area contributed by atoms with E-state index >= 15 is 0 Å². The van der Waals surface area contributed by atoms with E-state index in [2.05, 4.69) is 13.0 Å². The number of aliphatic hydroxyl groups is 2. The highest BCUT2D eigenvalue weighted by atomic mass is 16.5. The predicted octanol–water partition coefficient (Wildman–Crippen LogP) is 2.84. The van der Waals surface area contributed by atoms with Crippen LogP contribution in [0.5, 0.6) is 0 Å². The zero-order valence-corrected chi connectivity index (χ0v) is 12.1. The number of hydrogen-bond donors (Lipinski definition) is 2. The van der Waals surface area contributed by atoms with Crippen molar-refractivity contribution in [3.8, 4) is 0 Å². The minimum Gasteiger partial charge on any atom is -0.392 e. The van der Waals surface area contributed by atoms with Crippen LogP contribution in [0.4, 0.5) is 0 Å². The molecule has 0 fully saturated rings. The van der Waals surface area contributed by atoms with Crippen LogP contribution in [-0.2, 0) is 11.3 Å². The highest BCUT2D eigenvalue weighted by molar-refractivity contribution is 5.13. The third-order valence-corrected chi connectivity index (χ3v) is 3.04. The van der Waals surface area contributed by atoms with Gasteiger partial charge in [0.1, 0.15) is 0 Å². The fourth-order valence-corrected chi connectivity index (χ4v) is 1.74. The minimum absolute atomic E-state index is 0.0700. The number of allylic oxidation sites excluding steroid dienone is 2. The zero-order chi connectivity index (χ0) is 14.6. The van der Waals surface area contributed by atoms with Crippen molar-refractivity contribution in [1.29, 1.82) is 0 Å². The molecule has 0 saturated carbocycles. The van der Waals surface area contributed by atoms with Gasteiger partial charge in [-0.1, -0.05) is 48.1 Å². The van der Waals surface area contributed by atoms with E-state index < -0.39 is 0 Å². The average molecular weight is 276 g/mol. The van der Waals surface area contributed by atoms with E-state index in [0.717, 1.165) is 12.8 Å². The van der Waals surface area contributed by atoms with E-state index in [1.54, 1.807) is 0 Å². The maximum atomic E-state index is 8.91. The molecule has 20 heavy (non-hydrogen) atoms. The summed E-state index contributed by atoms with van der Waals surface area (Å²) >= 11 is 0. The minimum atomic E-state index is -0.0700. The van der Waals surface area contributed by atoms with Gasteiger partial charge >= 0.3 is 0 Å². The molecule has 0 bridgehead atoms. The van der Waals surface area contributed by atoms with E-state index in [1.165, 1.54) is 11.1 Å². The molecule has 0 aliphatic rings. The lowest BCUT2D eigenvalue weighted by Gasteiger charge is -2.03. The van der Waals surface area contributed by atoms with Gasteiger partial charge in [0.15, 0.2) is 0 Å². The lowest BCUT2D eigenvalue weighted by molar-refractivity contribution is 0.148. The third kappa shape index (κ3) is 7.24. The number of hydrogen-bond acceptors (Lipinski definition) is 3. The highest BCUT2D eigenvalue weighted by Gasteiger charge is 1.94. The van der Waals surface area contributed by atoms with Crippen LogP contribution in [0.3, 0.4) is 0 Å². The number of aliphatic hydroxyl groups excluding tert-OH is 2. The first kappa shape index (κ1) is 16.6. The third-order valence-electron chi connectivity index (χ3n) is 3.04. The van der Waals surface area contributed by atoms with Crippen molar-refractivity contribution in [2.75, 3.05) is 19.8 Å². The van der Waals surface area contributed by atoms with Gasteiger partial charge in [0.2, 0.25) is 0 Å². The van der Waals surface area contributed by atoms with Crippen LogP contribution in [0.15, 0.2) is 53.6 Å². The molecular weight excluding hydrogens is 252 g/mol. The topological polar surface area (TPSA) is 49.7 Å². The molecule has 0 saturated heterocycles. The predicted molar refractivity (Wildman–Crippen MR) is 81.3 cm³/mol. The number of rotatable bonds is 9. The molecular formula is C17H24O3. The molecule has 1 aromatic carbocycles. The van der Waals surface area contributed by atoms with Crippen LogP contribution in [-0.4, -0.2) is 30.0 Å². The van der Waals surface area contributed by atoms with Crippen LogP contribution in [0.2, 0.25) is 0 Å². The van der Waals surface area contributed by atoms with Crippen LogP contribution in [0.25, 0.3) is 0 Å². The number of ether oxygens (including phenoxy) is 1. The van der Waals surface area contributed by atoms with Gasteiger partial charge in [0.25, 0.3) is 0 Å². The van der Waals surface area contributed by atoms with Gasteiger partial charge in [-0.2, -0.15) is 0 Å². The molecule has 0 heterocycles. The molecule has 0 spiro atoms. The Hall–Kier alpha value is -1.42. The van der Waals surface area contributed by atoms with Crippen molar-refractivity contribution in [3.63, 3.8) is 0 Å². The van der Waals surface area contributed by atoms with Crippen molar-refractivity contribution in [2.24, 2.45) is 0 Å². The fraction of sp³-hybridized carbons (Fsp3) is 0.412. The molecule has 0 unspecified atom stereocenters. The fourth-order valence-electron chi connectivity index (χ4n) is 1.74. The summed E-state index contributed by atoms with van der Waals surface area (Å²) in [7, 11) is 0. The second-order valence-corrected chi connectivity index (χ2v) is 4.77. The maximum absolute atomic E-state index is 8.91. The SMILES string of the molecule is C/C(=C\COCc1ccccc1)CCC=C(CO)CO. The second kappa shape index (κ2) is 10.4. The van der Waals surface area contributed by atoms with Gasteiger partial charge < -0.3 is 14.9 Å². The Morgan fingerprint density at radius 2 is 1.80 bits per heavy atom. The standard InChI is InChI=1S/C17H24O3/c1-15(6-5-9-17(12-18)13-19)10-11-20-14-16-7-3-2-4-8-16/h2-4,7-10,18-19H,5-6,11-14H2,1H3/b15-10+. The van der Waals surface area contributed by atoms with E-state index in [9.17, 15) is 0 Å². The molecule has 0 radical (unpaired) electrons. The molecule has 3 heteroatoms. The lowest BCUT2D eigenvalue weighted by atomic mass is 10.1. The van der Waals surface area contributed by atoms with E-state index in [-0.39, 0.29) is 13.2 Å². The summed E-state index contributed by atoms with van der Waals surface area (Å²) in [5, 5.41) is 17.8. The Kier molecular flexibility index (Phi) is 8.63. The first-order chi connectivity index (χ1) is 9.76. The summed E-state index contributed by atoms with van der Waals surface area (Å²) in [6.07, 6.45) is 5.71. The second-order valence-electron chi connectivity index (χ2n) is 4.77. The summed E-state index contributed by atoms with van der Waals surface area (Å²) in [4.78, 5) is 0. The molecule has 0 aromatic heterocycles. The smallest absolute Gasteiger partial charge is 0.0721 e. The first-order valence-electron chi connectivity index (χ1n) is 6.93. The van der Waals surface area contributed by atoms with Gasteiger partial charge in [-0.15, -0.1) is 0 Å². The van der Waals surface area contributed by atoms with Crippen molar-refractivity contribution in [3.05, 3.63) is 59.2 Å². The van der Waals surface area contributed by atoms with Crippen molar-refractivity contribution in [1.82, 2.24) is 0 Å². The van der Waals surface area contributed by atoms with Crippen LogP contribution in [0.1, 0.15) is 25.3 Å². The molecule has 3 nitrogen and oxygen atoms in total. The molecule has 110 valence electrons. The Bertz CT molecular complexity index is 415. The Morgan fingerprint density at radius 1 is 1.10 bits per heavy atom. The molecule has 0 aliphatic heterocycles. The van der Waals surface area contributed by atoms with E-state index in [1.807, 2.05) is 36.4 Å². The van der Waals surface area contributed by atoms with Crippen LogP contribution in [0, 0.1) is 0 Å². The van der Waals surface area contributed by atoms with Crippen molar-refractivity contribution >= 4 is 0 Å². The summed E-state index contributed by atoms with van der Waals surface area (Å²) in [6, 6.07) is 10.1. The molecule has 0 aliphatic carbocycles. The monoisotopic (exact) mass is 276 g/mol. The molecule has 0 atom stereocenters. The molecule has 1 rings (SSSR count). The Labute approximate surface area is 121 Å². The Balaban J connectivity index is 2.20. The van der Waals surface area contributed by atoms with Gasteiger partial charge in [0, 0.05) is 0 Å². The van der Waals surface area contributed by atoms with E-state index in [4.69, 9.17) is 14.9 Å². The molecule has 0 amide bonds. The molecule has 1 aromatic rings. The van der Waals surface area contributed by atoms with Crippen molar-refractivity contribution < 1.29 is 14.9 Å². The van der Waals surface area contributed by atoms with Crippen LogP contribution < -0.4 is 0 Å². The summed E-state index contributed by atoms with van der Waals surface area (Å²) in [5.74, 6) is 0. The lowest BCUT2D eigenvalue weighted by Crippen LogP contribution is -1.96. The maximum Gasteiger partial charge on any atom is 0.0721 e. The normalized spacial score (nSPS) is 11.4. The molecule has 2 N–H and O–H groups in total. The van der Waals surface area contributed by atoms with Crippen LogP contribution >= 0.6 is 0 Å². The van der Waals surface area contributed by atoms with Gasteiger partial charge in [0.05, 0.1) is 26.4 Å². The van der Waals surface area contributed by atoms with Gasteiger partial charge in [-0.25, -0.2) is 0 Å². The van der Waals surface area contributed by atoms with Crippen molar-refractivity contribution in [2.45, 2.75) is 26.4 Å². The largest absolute Gasteiger partial charge is 0.392 e. The van der Waals surface area contributed by atoms with Gasteiger partial charge in [-0.3, -0.25) is 0 Å².